The quantitative estimate of drug-likeness (QED) is 0.670. The zero-order valence-electron chi connectivity index (χ0n) is 14.2. The molecule has 0 amide bonds. The van der Waals surface area contributed by atoms with Crippen LogP contribution in [-0.4, -0.2) is 9.78 Å². The summed E-state index contributed by atoms with van der Waals surface area (Å²) in [7, 11) is 0. The van der Waals surface area contributed by atoms with E-state index >= 15 is 0 Å². The summed E-state index contributed by atoms with van der Waals surface area (Å²) in [6.45, 7) is 7.87. The average Bonchev–Trinajstić information content (AvgIpc) is 3.02. The number of fused-ring (bicyclic) bond motifs is 1. The van der Waals surface area contributed by atoms with Gasteiger partial charge in [-0.3, -0.25) is 4.68 Å². The first-order valence-electron chi connectivity index (χ1n) is 9.04. The maximum absolute atomic E-state index is 6.30. The number of unbranched alkanes of at least 4 members (excludes halogenated alkanes) is 5. The van der Waals surface area contributed by atoms with Gasteiger partial charge in [-0.05, 0) is 25.2 Å². The number of hydrogen-bond donors (Lipinski definition) is 1. The van der Waals surface area contributed by atoms with Gasteiger partial charge in [-0.25, -0.2) is 0 Å². The van der Waals surface area contributed by atoms with Gasteiger partial charge in [-0.2, -0.15) is 5.10 Å². The summed E-state index contributed by atoms with van der Waals surface area (Å²) in [5.74, 6) is 0.610. The molecular weight excluding hydrogens is 258 g/mol. The van der Waals surface area contributed by atoms with Crippen molar-refractivity contribution in [1.82, 2.24) is 9.78 Å². The lowest BCUT2D eigenvalue weighted by Gasteiger charge is -2.15. The second kappa shape index (κ2) is 7.98. The predicted molar refractivity (Wildman–Crippen MR) is 89.6 cm³/mol. The normalized spacial score (nSPS) is 19.0. The van der Waals surface area contributed by atoms with Crippen LogP contribution in [0.3, 0.4) is 0 Å². The smallest absolute Gasteiger partial charge is 0.0660 e. The van der Waals surface area contributed by atoms with E-state index < -0.39 is 0 Å². The van der Waals surface area contributed by atoms with Crippen molar-refractivity contribution >= 4 is 0 Å². The van der Waals surface area contributed by atoms with E-state index in [1.54, 1.807) is 0 Å². The SMILES string of the molecule is CCCCCCCCC(C)c1c(CC)nn2c1C(N)CC2. The van der Waals surface area contributed by atoms with Crippen LogP contribution in [-0.2, 0) is 13.0 Å². The van der Waals surface area contributed by atoms with Crippen LogP contribution in [0.1, 0.15) is 101 Å². The number of aromatic nitrogens is 2. The molecule has 0 saturated carbocycles. The third-order valence-corrected chi connectivity index (χ3v) is 4.93. The van der Waals surface area contributed by atoms with Crippen LogP contribution in [0.5, 0.6) is 0 Å². The van der Waals surface area contributed by atoms with Gasteiger partial charge in [0.1, 0.15) is 0 Å². The minimum atomic E-state index is 0.208. The molecule has 21 heavy (non-hydrogen) atoms. The number of nitrogens with zero attached hydrogens (tertiary/aromatic N) is 2. The lowest BCUT2D eigenvalue weighted by atomic mass is 9.90. The molecule has 1 aliphatic rings. The van der Waals surface area contributed by atoms with Gasteiger partial charge in [0.05, 0.1) is 11.4 Å². The Hall–Kier alpha value is -0.830. The molecule has 0 aromatic carbocycles. The van der Waals surface area contributed by atoms with Gasteiger partial charge < -0.3 is 5.73 Å². The molecule has 2 atom stereocenters. The molecule has 0 radical (unpaired) electrons. The lowest BCUT2D eigenvalue weighted by Crippen LogP contribution is -2.10. The third kappa shape index (κ3) is 3.88. The van der Waals surface area contributed by atoms with E-state index in [1.165, 1.54) is 61.9 Å². The second-order valence-electron chi connectivity index (χ2n) is 6.67. The summed E-state index contributed by atoms with van der Waals surface area (Å²) in [6.07, 6.45) is 11.6. The van der Waals surface area contributed by atoms with Gasteiger partial charge in [-0.1, -0.05) is 59.3 Å². The van der Waals surface area contributed by atoms with E-state index in [-0.39, 0.29) is 6.04 Å². The molecule has 0 fully saturated rings. The molecule has 1 aliphatic heterocycles. The Morgan fingerprint density at radius 3 is 2.62 bits per heavy atom. The first-order valence-corrected chi connectivity index (χ1v) is 9.04. The Balaban J connectivity index is 1.91. The molecule has 2 heterocycles. The van der Waals surface area contributed by atoms with E-state index in [1.807, 2.05) is 0 Å². The molecule has 120 valence electrons. The van der Waals surface area contributed by atoms with Crippen LogP contribution >= 0.6 is 0 Å². The van der Waals surface area contributed by atoms with Crippen molar-refractivity contribution in [2.24, 2.45) is 5.73 Å². The van der Waals surface area contributed by atoms with Crippen molar-refractivity contribution in [3.8, 4) is 0 Å². The Labute approximate surface area is 130 Å². The van der Waals surface area contributed by atoms with Crippen molar-refractivity contribution in [2.75, 3.05) is 0 Å². The molecule has 2 unspecified atom stereocenters. The highest BCUT2D eigenvalue weighted by Crippen LogP contribution is 2.35. The van der Waals surface area contributed by atoms with Crippen LogP contribution in [0.4, 0.5) is 0 Å². The van der Waals surface area contributed by atoms with Crippen molar-refractivity contribution in [1.29, 1.82) is 0 Å². The second-order valence-corrected chi connectivity index (χ2v) is 6.67. The van der Waals surface area contributed by atoms with E-state index in [2.05, 4.69) is 25.5 Å². The van der Waals surface area contributed by atoms with Crippen LogP contribution in [0, 0.1) is 0 Å². The summed E-state index contributed by atoms with van der Waals surface area (Å²) in [5.41, 5.74) is 10.4. The van der Waals surface area contributed by atoms with Gasteiger partial charge in [0.15, 0.2) is 0 Å². The predicted octanol–water partition coefficient (Wildman–Crippen LogP) is 4.70. The summed E-state index contributed by atoms with van der Waals surface area (Å²) in [6, 6.07) is 0.208. The average molecular weight is 291 g/mol. The lowest BCUT2D eigenvalue weighted by molar-refractivity contribution is 0.551. The van der Waals surface area contributed by atoms with Gasteiger partial charge in [-0.15, -0.1) is 0 Å². The molecule has 2 N–H and O–H groups in total. The monoisotopic (exact) mass is 291 g/mol. The van der Waals surface area contributed by atoms with E-state index in [4.69, 9.17) is 10.8 Å². The summed E-state index contributed by atoms with van der Waals surface area (Å²) >= 11 is 0. The van der Waals surface area contributed by atoms with Gasteiger partial charge in [0, 0.05) is 18.2 Å². The fourth-order valence-electron chi connectivity index (χ4n) is 3.67. The number of hydrogen-bond acceptors (Lipinski definition) is 2. The van der Waals surface area contributed by atoms with Crippen molar-refractivity contribution < 1.29 is 0 Å². The highest BCUT2D eigenvalue weighted by atomic mass is 15.3. The minimum absolute atomic E-state index is 0.208. The van der Waals surface area contributed by atoms with E-state index in [9.17, 15) is 0 Å². The maximum atomic E-state index is 6.30. The van der Waals surface area contributed by atoms with Crippen LogP contribution < -0.4 is 5.73 Å². The van der Waals surface area contributed by atoms with Gasteiger partial charge in [0.2, 0.25) is 0 Å². The Morgan fingerprint density at radius 1 is 1.19 bits per heavy atom. The molecular formula is C18H33N3. The summed E-state index contributed by atoms with van der Waals surface area (Å²) < 4.78 is 2.18. The number of rotatable bonds is 9. The van der Waals surface area contributed by atoms with Gasteiger partial charge >= 0.3 is 0 Å². The molecule has 3 nitrogen and oxygen atoms in total. The molecule has 0 aliphatic carbocycles. The zero-order chi connectivity index (χ0) is 15.2. The molecule has 0 bridgehead atoms. The van der Waals surface area contributed by atoms with Gasteiger partial charge in [0.25, 0.3) is 0 Å². The molecule has 3 heteroatoms. The van der Waals surface area contributed by atoms with Crippen molar-refractivity contribution in [3.05, 3.63) is 17.0 Å². The first kappa shape index (κ1) is 16.5. The fourth-order valence-corrected chi connectivity index (χ4v) is 3.67. The Kier molecular flexibility index (Phi) is 6.28. The number of aryl methyl sites for hydroxylation is 2. The first-order chi connectivity index (χ1) is 10.2. The highest BCUT2D eigenvalue weighted by Gasteiger charge is 2.29. The molecule has 1 aromatic rings. The Bertz CT molecular complexity index is 436. The molecule has 1 aromatic heterocycles. The van der Waals surface area contributed by atoms with E-state index in [0.717, 1.165) is 19.4 Å². The molecule has 0 spiro atoms. The largest absolute Gasteiger partial charge is 0.323 e. The summed E-state index contributed by atoms with van der Waals surface area (Å²) in [4.78, 5) is 0. The fraction of sp³-hybridized carbons (Fsp3) is 0.833. The summed E-state index contributed by atoms with van der Waals surface area (Å²) in [5, 5.41) is 4.79. The van der Waals surface area contributed by atoms with Crippen molar-refractivity contribution in [3.63, 3.8) is 0 Å². The molecule has 0 saturated heterocycles. The van der Waals surface area contributed by atoms with E-state index in [0.29, 0.717) is 5.92 Å². The standard InChI is InChI=1S/C18H33N3/c1-4-6-7-8-9-10-11-14(3)17-16(5-2)20-21-13-12-15(19)18(17)21/h14-15H,4-13,19H2,1-3H3. The van der Waals surface area contributed by atoms with Crippen molar-refractivity contribution in [2.45, 2.75) is 97.1 Å². The Morgan fingerprint density at radius 2 is 1.90 bits per heavy atom. The minimum Gasteiger partial charge on any atom is -0.323 e. The third-order valence-electron chi connectivity index (χ3n) is 4.93. The van der Waals surface area contributed by atoms with Crippen LogP contribution in [0.15, 0.2) is 0 Å². The highest BCUT2D eigenvalue weighted by molar-refractivity contribution is 5.34. The maximum Gasteiger partial charge on any atom is 0.0660 e. The van der Waals surface area contributed by atoms with Crippen LogP contribution in [0.25, 0.3) is 0 Å². The zero-order valence-corrected chi connectivity index (χ0v) is 14.2. The van der Waals surface area contributed by atoms with Crippen LogP contribution in [0.2, 0.25) is 0 Å². The topological polar surface area (TPSA) is 43.8 Å². The molecule has 2 rings (SSSR count). The number of nitrogens with two attached hydrogens (primary N) is 1.